The number of carbonyl (C=O) groups excluding carboxylic acids is 3. The van der Waals surface area contributed by atoms with E-state index in [1.807, 2.05) is 0 Å². The highest BCUT2D eigenvalue weighted by Crippen LogP contribution is 2.13. The minimum Gasteiger partial charge on any atom is -0.452 e. The number of likely N-dealkylation sites (tertiary alicyclic amines) is 1. The zero-order valence-corrected chi connectivity index (χ0v) is 11.8. The van der Waals surface area contributed by atoms with E-state index in [1.165, 1.54) is 13.0 Å². The van der Waals surface area contributed by atoms with Crippen LogP contribution in [-0.4, -0.2) is 35.8 Å². The maximum atomic E-state index is 12.0. The van der Waals surface area contributed by atoms with Gasteiger partial charge in [0.15, 0.2) is 6.61 Å². The first-order chi connectivity index (χ1) is 9.90. The molecular formula is C14H15NO6. The smallest absolute Gasteiger partial charge is 0.342 e. The average molecular weight is 293 g/mol. The number of hydrogen-bond donors (Lipinski definition) is 0. The fourth-order valence-corrected chi connectivity index (χ4v) is 2.25. The van der Waals surface area contributed by atoms with Crippen molar-refractivity contribution in [3.05, 3.63) is 33.4 Å². The predicted octanol–water partition coefficient (Wildman–Crippen LogP) is 0.562. The van der Waals surface area contributed by atoms with Crippen molar-refractivity contribution in [2.45, 2.75) is 26.7 Å². The monoisotopic (exact) mass is 293 g/mol. The van der Waals surface area contributed by atoms with Crippen molar-refractivity contribution in [3.8, 4) is 0 Å². The Hall–Kier alpha value is -2.44. The largest absolute Gasteiger partial charge is 0.452 e. The Labute approximate surface area is 120 Å². The Kier molecular flexibility index (Phi) is 4.21. The van der Waals surface area contributed by atoms with Crippen LogP contribution in [0.25, 0.3) is 0 Å². The summed E-state index contributed by atoms with van der Waals surface area (Å²) in [7, 11) is 0. The van der Waals surface area contributed by atoms with Gasteiger partial charge in [0.25, 0.3) is 5.91 Å². The van der Waals surface area contributed by atoms with Gasteiger partial charge in [0.2, 0.25) is 5.91 Å². The Balaban J connectivity index is 2.04. The van der Waals surface area contributed by atoms with Crippen LogP contribution in [0.15, 0.2) is 15.3 Å². The van der Waals surface area contributed by atoms with Crippen molar-refractivity contribution in [2.75, 3.05) is 13.2 Å². The lowest BCUT2D eigenvalue weighted by atomic mass is 10.1. The molecule has 2 heterocycles. The van der Waals surface area contributed by atoms with Crippen LogP contribution < -0.4 is 5.63 Å². The van der Waals surface area contributed by atoms with Gasteiger partial charge >= 0.3 is 11.6 Å². The van der Waals surface area contributed by atoms with E-state index in [1.54, 1.807) is 6.92 Å². The van der Waals surface area contributed by atoms with E-state index in [0.29, 0.717) is 24.9 Å². The summed E-state index contributed by atoms with van der Waals surface area (Å²) in [5, 5.41) is 0. The normalized spacial score (nSPS) is 14.4. The van der Waals surface area contributed by atoms with Crippen LogP contribution in [-0.2, 0) is 14.3 Å². The third-order valence-electron chi connectivity index (χ3n) is 3.24. The van der Waals surface area contributed by atoms with E-state index in [-0.39, 0.29) is 17.2 Å². The molecule has 1 aromatic rings. The molecule has 0 atom stereocenters. The number of aryl methyl sites for hydroxylation is 2. The topological polar surface area (TPSA) is 93.9 Å². The second-order valence-electron chi connectivity index (χ2n) is 4.80. The van der Waals surface area contributed by atoms with Crippen LogP contribution in [0.2, 0.25) is 0 Å². The fraction of sp³-hybridized carbons (Fsp3) is 0.429. The Bertz CT molecular complexity index is 634. The summed E-state index contributed by atoms with van der Waals surface area (Å²) < 4.78 is 9.74. The molecule has 1 aliphatic heterocycles. The molecule has 0 aliphatic carbocycles. The number of ether oxygens (including phenoxy) is 1. The minimum absolute atomic E-state index is 0.121. The Morgan fingerprint density at radius 1 is 1.33 bits per heavy atom. The Morgan fingerprint density at radius 2 is 2.05 bits per heavy atom. The molecule has 0 saturated carbocycles. The van der Waals surface area contributed by atoms with E-state index in [2.05, 4.69) is 0 Å². The number of rotatable bonds is 3. The lowest BCUT2D eigenvalue weighted by Gasteiger charge is -2.14. The van der Waals surface area contributed by atoms with Gasteiger partial charge in [0.05, 0.1) is 0 Å². The van der Waals surface area contributed by atoms with E-state index in [9.17, 15) is 19.2 Å². The van der Waals surface area contributed by atoms with Crippen LogP contribution in [0.4, 0.5) is 0 Å². The molecule has 0 bridgehead atoms. The number of carbonyl (C=O) groups is 3. The summed E-state index contributed by atoms with van der Waals surface area (Å²) in [5.74, 6) is -1.42. The molecule has 7 heteroatoms. The summed E-state index contributed by atoms with van der Waals surface area (Å²) >= 11 is 0. The summed E-state index contributed by atoms with van der Waals surface area (Å²) in [4.78, 5) is 47.3. The van der Waals surface area contributed by atoms with Gasteiger partial charge in [-0.3, -0.25) is 14.5 Å². The molecule has 0 aromatic carbocycles. The fourth-order valence-electron chi connectivity index (χ4n) is 2.25. The molecule has 1 aliphatic rings. The van der Waals surface area contributed by atoms with E-state index >= 15 is 0 Å². The number of esters is 1. The minimum atomic E-state index is -0.756. The standard InChI is InChI=1S/C14H15NO6/c1-8-6-12(18)21-9(2)13(8)14(19)20-7-11(17)15-5-3-4-10(15)16/h6H,3-5,7H2,1-2H3. The van der Waals surface area contributed by atoms with Crippen molar-refractivity contribution in [2.24, 2.45) is 0 Å². The number of amides is 2. The highest BCUT2D eigenvalue weighted by Gasteiger charge is 2.27. The third-order valence-corrected chi connectivity index (χ3v) is 3.24. The summed E-state index contributed by atoms with van der Waals surface area (Å²) in [6.45, 7) is 2.89. The summed E-state index contributed by atoms with van der Waals surface area (Å²) in [5.41, 5.74) is -0.0195. The quantitative estimate of drug-likeness (QED) is 0.756. The molecule has 21 heavy (non-hydrogen) atoms. The van der Waals surface area contributed by atoms with Gasteiger partial charge in [-0.25, -0.2) is 9.59 Å². The molecular weight excluding hydrogens is 278 g/mol. The molecule has 112 valence electrons. The number of imide groups is 1. The molecule has 2 amide bonds. The van der Waals surface area contributed by atoms with Gasteiger partial charge in [-0.05, 0) is 25.8 Å². The summed E-state index contributed by atoms with van der Waals surface area (Å²) in [6, 6.07) is 1.18. The van der Waals surface area contributed by atoms with Gasteiger partial charge < -0.3 is 9.15 Å². The van der Waals surface area contributed by atoms with Gasteiger partial charge in [-0.2, -0.15) is 0 Å². The second-order valence-corrected chi connectivity index (χ2v) is 4.80. The maximum absolute atomic E-state index is 12.0. The van der Waals surface area contributed by atoms with Crippen molar-refractivity contribution in [3.63, 3.8) is 0 Å². The zero-order chi connectivity index (χ0) is 15.6. The first-order valence-electron chi connectivity index (χ1n) is 6.52. The lowest BCUT2D eigenvalue weighted by Crippen LogP contribution is -2.35. The van der Waals surface area contributed by atoms with E-state index < -0.39 is 24.1 Å². The molecule has 7 nitrogen and oxygen atoms in total. The average Bonchev–Trinajstić information content (AvgIpc) is 2.81. The highest BCUT2D eigenvalue weighted by atomic mass is 16.5. The highest BCUT2D eigenvalue weighted by molar-refractivity contribution is 5.99. The van der Waals surface area contributed by atoms with Crippen LogP contribution in [0.3, 0.4) is 0 Å². The van der Waals surface area contributed by atoms with Crippen molar-refractivity contribution in [1.29, 1.82) is 0 Å². The van der Waals surface area contributed by atoms with Crippen LogP contribution in [0, 0.1) is 13.8 Å². The van der Waals surface area contributed by atoms with Gasteiger partial charge in [-0.1, -0.05) is 0 Å². The molecule has 0 N–H and O–H groups in total. The van der Waals surface area contributed by atoms with Crippen molar-refractivity contribution in [1.82, 2.24) is 4.90 Å². The molecule has 1 aromatic heterocycles. The molecule has 0 spiro atoms. The predicted molar refractivity (Wildman–Crippen MR) is 70.7 cm³/mol. The van der Waals surface area contributed by atoms with E-state index in [4.69, 9.17) is 9.15 Å². The zero-order valence-electron chi connectivity index (χ0n) is 11.8. The first-order valence-corrected chi connectivity index (χ1v) is 6.52. The van der Waals surface area contributed by atoms with Crippen molar-refractivity contribution >= 4 is 17.8 Å². The van der Waals surface area contributed by atoms with Crippen LogP contribution in [0.5, 0.6) is 0 Å². The number of nitrogens with zero attached hydrogens (tertiary/aromatic N) is 1. The maximum Gasteiger partial charge on any atom is 0.342 e. The molecule has 2 rings (SSSR count). The van der Waals surface area contributed by atoms with Crippen LogP contribution >= 0.6 is 0 Å². The molecule has 0 unspecified atom stereocenters. The van der Waals surface area contributed by atoms with Gasteiger partial charge in [-0.15, -0.1) is 0 Å². The molecule has 0 radical (unpaired) electrons. The lowest BCUT2D eigenvalue weighted by molar-refractivity contribution is -0.143. The molecule has 1 saturated heterocycles. The second kappa shape index (κ2) is 5.90. The first kappa shape index (κ1) is 15.0. The molecule has 1 fully saturated rings. The van der Waals surface area contributed by atoms with Crippen molar-refractivity contribution < 1.29 is 23.5 Å². The summed E-state index contributed by atoms with van der Waals surface area (Å²) in [6.07, 6.45) is 0.961. The van der Waals surface area contributed by atoms with E-state index in [0.717, 1.165) is 4.90 Å². The Morgan fingerprint density at radius 3 is 2.62 bits per heavy atom. The number of hydrogen-bond acceptors (Lipinski definition) is 6. The SMILES string of the molecule is Cc1cc(=O)oc(C)c1C(=O)OCC(=O)N1CCCC1=O. The van der Waals surface area contributed by atoms with Gasteiger partial charge in [0, 0.05) is 19.0 Å². The van der Waals surface area contributed by atoms with Crippen LogP contribution in [0.1, 0.15) is 34.5 Å². The van der Waals surface area contributed by atoms with Gasteiger partial charge in [0.1, 0.15) is 11.3 Å². The third kappa shape index (κ3) is 3.18.